The van der Waals surface area contributed by atoms with E-state index in [0.717, 1.165) is 47.4 Å². The van der Waals surface area contributed by atoms with E-state index in [1.54, 1.807) is 11.3 Å². The summed E-state index contributed by atoms with van der Waals surface area (Å²) < 4.78 is 0. The lowest BCUT2D eigenvalue weighted by molar-refractivity contribution is -0.0607. The number of thiazole rings is 1. The molecule has 2 aliphatic rings. The molecule has 0 aromatic carbocycles. The van der Waals surface area contributed by atoms with Gasteiger partial charge in [-0.1, -0.05) is 31.1 Å². The van der Waals surface area contributed by atoms with Crippen molar-refractivity contribution in [2.45, 2.75) is 70.4 Å². The highest BCUT2D eigenvalue weighted by Gasteiger charge is 2.32. The number of hydrogen-bond acceptors (Lipinski definition) is 7. The van der Waals surface area contributed by atoms with Crippen LogP contribution in [0.4, 0.5) is 0 Å². The largest absolute Gasteiger partial charge is 0.393 e. The van der Waals surface area contributed by atoms with Crippen LogP contribution in [0.5, 0.6) is 0 Å². The zero-order chi connectivity index (χ0) is 19.0. The fourth-order valence-corrected chi connectivity index (χ4v) is 5.48. The van der Waals surface area contributed by atoms with Gasteiger partial charge in [0.2, 0.25) is 0 Å². The number of aliphatic hydroxyl groups excluding tert-OH is 1. The van der Waals surface area contributed by atoms with E-state index in [9.17, 15) is 10.2 Å². The Morgan fingerprint density at radius 1 is 1.11 bits per heavy atom. The van der Waals surface area contributed by atoms with Gasteiger partial charge in [0.05, 0.1) is 22.9 Å². The van der Waals surface area contributed by atoms with E-state index in [0.29, 0.717) is 18.8 Å². The maximum atomic E-state index is 10.2. The van der Waals surface area contributed by atoms with Gasteiger partial charge in [-0.15, -0.1) is 0 Å². The molecule has 2 N–H and O–H groups in total. The average molecular weight is 391 g/mol. The molecule has 7 heteroatoms. The van der Waals surface area contributed by atoms with E-state index in [1.807, 2.05) is 6.92 Å². The van der Waals surface area contributed by atoms with Gasteiger partial charge in [-0.3, -0.25) is 4.90 Å². The van der Waals surface area contributed by atoms with Crippen LogP contribution in [0.25, 0.3) is 10.3 Å². The third-order valence-electron chi connectivity index (χ3n) is 6.28. The lowest BCUT2D eigenvalue weighted by Crippen LogP contribution is -2.46. The summed E-state index contributed by atoms with van der Waals surface area (Å²) in [5.74, 6) is 2.21. The second kappa shape index (κ2) is 7.70. The topological polar surface area (TPSA) is 82.4 Å². The molecule has 0 atom stereocenters. The highest BCUT2D eigenvalue weighted by atomic mass is 32.1. The van der Waals surface area contributed by atoms with Crippen LogP contribution < -0.4 is 0 Å². The van der Waals surface area contributed by atoms with Gasteiger partial charge in [0.1, 0.15) is 16.2 Å². The van der Waals surface area contributed by atoms with Crippen LogP contribution in [0.1, 0.15) is 67.9 Å². The number of likely N-dealkylation sites (tertiary alicyclic amines) is 1. The minimum absolute atomic E-state index is 0.160. The van der Waals surface area contributed by atoms with Crippen molar-refractivity contribution >= 4 is 21.7 Å². The number of nitrogens with zero attached hydrogens (tertiary/aromatic N) is 4. The molecule has 2 aromatic heterocycles. The Kier molecular flexibility index (Phi) is 5.47. The summed E-state index contributed by atoms with van der Waals surface area (Å²) in [5, 5.41) is 20.8. The maximum absolute atomic E-state index is 10.2. The summed E-state index contributed by atoms with van der Waals surface area (Å²) in [6, 6.07) is 0. The Balaban J connectivity index is 1.54. The number of piperidine rings is 1. The molecule has 1 saturated heterocycles. The Labute approximate surface area is 164 Å². The zero-order valence-electron chi connectivity index (χ0n) is 16.3. The van der Waals surface area contributed by atoms with E-state index < -0.39 is 5.60 Å². The van der Waals surface area contributed by atoms with Gasteiger partial charge in [0.15, 0.2) is 0 Å². The van der Waals surface area contributed by atoms with Gasteiger partial charge < -0.3 is 10.2 Å². The van der Waals surface area contributed by atoms with Gasteiger partial charge in [0.25, 0.3) is 0 Å². The van der Waals surface area contributed by atoms with Crippen molar-refractivity contribution in [2.24, 2.45) is 5.92 Å². The van der Waals surface area contributed by atoms with Crippen molar-refractivity contribution in [3.63, 3.8) is 0 Å². The molecule has 1 aliphatic carbocycles. The Morgan fingerprint density at radius 3 is 2.48 bits per heavy atom. The lowest BCUT2D eigenvalue weighted by Gasteiger charge is -2.36. The van der Waals surface area contributed by atoms with Crippen LogP contribution in [0.3, 0.4) is 0 Å². The van der Waals surface area contributed by atoms with E-state index in [2.05, 4.69) is 16.8 Å². The number of aliphatic hydroxyl groups is 2. The molecule has 2 aromatic rings. The summed E-state index contributed by atoms with van der Waals surface area (Å²) in [7, 11) is 0. The van der Waals surface area contributed by atoms with Gasteiger partial charge >= 0.3 is 0 Å². The van der Waals surface area contributed by atoms with Crippen molar-refractivity contribution in [1.29, 1.82) is 0 Å². The summed E-state index contributed by atoms with van der Waals surface area (Å²) in [5.41, 5.74) is 1.04. The minimum atomic E-state index is -0.917. The molecule has 3 heterocycles. The highest BCUT2D eigenvalue weighted by Crippen LogP contribution is 2.39. The molecule has 0 spiro atoms. The van der Waals surface area contributed by atoms with Crippen LogP contribution in [0.15, 0.2) is 0 Å². The molecular weight excluding hydrogens is 360 g/mol. The predicted molar refractivity (Wildman–Crippen MR) is 107 cm³/mol. The first-order valence-electron chi connectivity index (χ1n) is 10.2. The third kappa shape index (κ3) is 4.16. The number of aryl methyl sites for hydroxylation is 1. The van der Waals surface area contributed by atoms with E-state index in [1.165, 1.54) is 30.7 Å². The molecule has 0 unspecified atom stereocenters. The fraction of sp³-hybridized carbons (Fsp3) is 0.750. The molecule has 1 aliphatic heterocycles. The van der Waals surface area contributed by atoms with Crippen LogP contribution in [-0.2, 0) is 6.54 Å². The molecule has 148 valence electrons. The first-order chi connectivity index (χ1) is 13.0. The summed E-state index contributed by atoms with van der Waals surface area (Å²) in [6.45, 7) is 6.39. The van der Waals surface area contributed by atoms with Crippen molar-refractivity contribution in [3.8, 4) is 0 Å². The van der Waals surface area contributed by atoms with Gasteiger partial charge in [0, 0.05) is 25.6 Å². The van der Waals surface area contributed by atoms with Crippen LogP contribution >= 0.6 is 11.3 Å². The third-order valence-corrected chi connectivity index (χ3v) is 7.39. The zero-order valence-corrected chi connectivity index (χ0v) is 17.1. The molecule has 1 saturated carbocycles. The Bertz CT molecular complexity index is 793. The molecule has 2 fully saturated rings. The first-order valence-corrected chi connectivity index (χ1v) is 11.0. The lowest BCUT2D eigenvalue weighted by atomic mass is 9.83. The molecule has 4 rings (SSSR count). The quantitative estimate of drug-likeness (QED) is 0.835. The number of aromatic nitrogens is 3. The minimum Gasteiger partial charge on any atom is -0.393 e. The molecule has 6 nitrogen and oxygen atoms in total. The SMILES string of the molecule is Cc1nc(CN2CCC(O)(CO)CC2)c2nc(C3CCC(C)CC3)sc2n1. The molecule has 27 heavy (non-hydrogen) atoms. The van der Waals surface area contributed by atoms with Gasteiger partial charge in [-0.05, 0) is 38.5 Å². The Morgan fingerprint density at radius 2 is 1.81 bits per heavy atom. The first kappa shape index (κ1) is 19.2. The average Bonchev–Trinajstić information content (AvgIpc) is 3.08. The van der Waals surface area contributed by atoms with Gasteiger partial charge in [-0.25, -0.2) is 15.0 Å². The Hall–Kier alpha value is -1.15. The molecule has 0 bridgehead atoms. The predicted octanol–water partition coefficient (Wildman–Crippen LogP) is 3.01. The maximum Gasteiger partial charge on any atom is 0.147 e. The second-order valence-electron chi connectivity index (χ2n) is 8.54. The van der Waals surface area contributed by atoms with Crippen molar-refractivity contribution in [3.05, 3.63) is 16.5 Å². The van der Waals surface area contributed by atoms with Crippen LogP contribution in [0.2, 0.25) is 0 Å². The fourth-order valence-electron chi connectivity index (χ4n) is 4.30. The summed E-state index contributed by atoms with van der Waals surface area (Å²) in [4.78, 5) is 17.6. The van der Waals surface area contributed by atoms with Crippen LogP contribution in [0, 0.1) is 12.8 Å². The van der Waals surface area contributed by atoms with Crippen molar-refractivity contribution < 1.29 is 10.2 Å². The van der Waals surface area contributed by atoms with E-state index >= 15 is 0 Å². The highest BCUT2D eigenvalue weighted by molar-refractivity contribution is 7.18. The molecule has 0 radical (unpaired) electrons. The van der Waals surface area contributed by atoms with Crippen molar-refractivity contribution in [1.82, 2.24) is 19.9 Å². The summed E-state index contributed by atoms with van der Waals surface area (Å²) >= 11 is 1.74. The smallest absolute Gasteiger partial charge is 0.147 e. The normalized spacial score (nSPS) is 26.5. The van der Waals surface area contributed by atoms with E-state index in [-0.39, 0.29) is 6.61 Å². The van der Waals surface area contributed by atoms with E-state index in [4.69, 9.17) is 9.97 Å². The number of fused-ring (bicyclic) bond motifs is 1. The summed E-state index contributed by atoms with van der Waals surface area (Å²) in [6.07, 6.45) is 6.24. The molecular formula is C20H30N4O2S. The van der Waals surface area contributed by atoms with Gasteiger partial charge in [-0.2, -0.15) is 0 Å². The van der Waals surface area contributed by atoms with Crippen LogP contribution in [-0.4, -0.2) is 55.4 Å². The monoisotopic (exact) mass is 390 g/mol. The van der Waals surface area contributed by atoms with Crippen molar-refractivity contribution in [2.75, 3.05) is 19.7 Å². The molecule has 0 amide bonds. The second-order valence-corrected chi connectivity index (χ2v) is 9.55. The standard InChI is InChI=1S/C20H30N4O2S/c1-13-3-5-15(6-4-13)18-23-17-16(21-14(2)22-19(17)27-18)11-24-9-7-20(26,12-25)8-10-24/h13,15,25-26H,3-12H2,1-2H3. The number of rotatable bonds is 4. The number of hydrogen-bond donors (Lipinski definition) is 2.